The van der Waals surface area contributed by atoms with Crippen LogP contribution in [0.5, 0.6) is 0 Å². The summed E-state index contributed by atoms with van der Waals surface area (Å²) < 4.78 is 13.7. The first-order valence-electron chi connectivity index (χ1n) is 5.61. The van der Waals surface area contributed by atoms with E-state index >= 15 is 0 Å². The zero-order chi connectivity index (χ0) is 14.7. The van der Waals surface area contributed by atoms with Gasteiger partial charge in [-0.1, -0.05) is 0 Å². The summed E-state index contributed by atoms with van der Waals surface area (Å²) in [6, 6.07) is 5.63. The fourth-order valence-corrected chi connectivity index (χ4v) is 1.56. The zero-order valence-corrected chi connectivity index (χ0v) is 10.2. The van der Waals surface area contributed by atoms with Crippen LogP contribution < -0.4 is 22.2 Å². The predicted molar refractivity (Wildman–Crippen MR) is 70.8 cm³/mol. The molecule has 0 saturated heterocycles. The number of rotatable bonds is 3. The van der Waals surface area contributed by atoms with Crippen LogP contribution in [0.2, 0.25) is 0 Å². The monoisotopic (exact) mass is 278 g/mol. The Bertz CT molecular complexity index is 766. The summed E-state index contributed by atoms with van der Waals surface area (Å²) in [4.78, 5) is 34.2. The Hall–Kier alpha value is -2.90. The lowest BCUT2D eigenvalue weighted by Crippen LogP contribution is -2.32. The number of aromatic amines is 1. The van der Waals surface area contributed by atoms with Gasteiger partial charge in [-0.2, -0.15) is 0 Å². The molecule has 0 bridgehead atoms. The molecule has 4 N–H and O–H groups in total. The van der Waals surface area contributed by atoms with E-state index in [-0.39, 0.29) is 17.9 Å². The van der Waals surface area contributed by atoms with Gasteiger partial charge >= 0.3 is 0 Å². The van der Waals surface area contributed by atoms with Crippen molar-refractivity contribution < 1.29 is 9.18 Å². The second-order valence-electron chi connectivity index (χ2n) is 4.01. The third-order valence-corrected chi connectivity index (χ3v) is 2.48. The smallest absolute Gasteiger partial charge is 0.265 e. The Kier molecular flexibility index (Phi) is 3.65. The van der Waals surface area contributed by atoms with Crippen molar-refractivity contribution in [3.05, 3.63) is 56.9 Å². The molecule has 0 unspecified atom stereocenters. The number of hydrogen-bond acceptors (Lipinski definition) is 4. The number of hydrogen-bond donors (Lipinski definition) is 3. The Morgan fingerprint density at radius 1 is 1.30 bits per heavy atom. The quantitative estimate of drug-likeness (QED) is 0.681. The van der Waals surface area contributed by atoms with E-state index in [1.165, 1.54) is 6.07 Å². The van der Waals surface area contributed by atoms with Crippen molar-refractivity contribution in [2.45, 2.75) is 6.54 Å². The number of anilines is 2. The lowest BCUT2D eigenvalue weighted by molar-refractivity contribution is -0.117. The Balaban J connectivity index is 2.15. The molecule has 2 rings (SSSR count). The summed E-state index contributed by atoms with van der Waals surface area (Å²) >= 11 is 0. The normalized spacial score (nSPS) is 10.2. The van der Waals surface area contributed by atoms with Gasteiger partial charge in [0.05, 0.1) is 11.4 Å². The molecule has 0 fully saturated rings. The first-order valence-corrected chi connectivity index (χ1v) is 5.61. The first kappa shape index (κ1) is 13.5. The van der Waals surface area contributed by atoms with Crippen molar-refractivity contribution in [2.75, 3.05) is 11.1 Å². The highest BCUT2D eigenvalue weighted by molar-refractivity contribution is 5.93. The van der Waals surface area contributed by atoms with Crippen molar-refractivity contribution in [3.63, 3.8) is 0 Å². The molecule has 8 heteroatoms. The highest BCUT2D eigenvalue weighted by Gasteiger charge is 2.08. The third kappa shape index (κ3) is 3.10. The molecule has 20 heavy (non-hydrogen) atoms. The molecule has 0 aliphatic carbocycles. The van der Waals surface area contributed by atoms with Gasteiger partial charge in [0.2, 0.25) is 5.91 Å². The molecular weight excluding hydrogens is 267 g/mol. The van der Waals surface area contributed by atoms with Crippen LogP contribution in [0.15, 0.2) is 39.9 Å². The number of nitrogens with one attached hydrogen (secondary N) is 2. The number of nitrogen functional groups attached to an aromatic ring is 1. The van der Waals surface area contributed by atoms with Crippen molar-refractivity contribution in [1.29, 1.82) is 0 Å². The first-order chi connectivity index (χ1) is 9.45. The lowest BCUT2D eigenvalue weighted by Gasteiger charge is -2.09. The number of H-pyrrole nitrogens is 1. The largest absolute Gasteiger partial charge is 0.397 e. The average Bonchev–Trinajstić information content (AvgIpc) is 2.37. The molecule has 104 valence electrons. The average molecular weight is 278 g/mol. The fraction of sp³-hybridized carbons (Fsp3) is 0.0833. The van der Waals surface area contributed by atoms with Crippen molar-refractivity contribution >= 4 is 17.3 Å². The van der Waals surface area contributed by atoms with Gasteiger partial charge in [0, 0.05) is 12.1 Å². The molecule has 0 spiro atoms. The van der Waals surface area contributed by atoms with Gasteiger partial charge in [-0.05, 0) is 18.2 Å². The number of amides is 1. The van der Waals surface area contributed by atoms with Crippen LogP contribution in [0.3, 0.4) is 0 Å². The van der Waals surface area contributed by atoms with Crippen molar-refractivity contribution in [1.82, 2.24) is 9.78 Å². The van der Waals surface area contributed by atoms with Crippen LogP contribution in [0.1, 0.15) is 0 Å². The maximum atomic E-state index is 12.9. The molecule has 0 atom stereocenters. The van der Waals surface area contributed by atoms with Crippen LogP contribution in [0, 0.1) is 5.82 Å². The number of nitrogens with zero attached hydrogens (tertiary/aromatic N) is 1. The van der Waals surface area contributed by atoms with E-state index in [1.54, 1.807) is 0 Å². The third-order valence-electron chi connectivity index (χ3n) is 2.48. The van der Waals surface area contributed by atoms with Crippen LogP contribution in [0.4, 0.5) is 15.8 Å². The van der Waals surface area contributed by atoms with Gasteiger partial charge in [-0.15, -0.1) is 0 Å². The second-order valence-corrected chi connectivity index (χ2v) is 4.01. The number of carbonyl (C=O) groups is 1. The number of benzene rings is 1. The minimum Gasteiger partial charge on any atom is -0.397 e. The van der Waals surface area contributed by atoms with E-state index in [0.717, 1.165) is 28.9 Å². The van der Waals surface area contributed by atoms with Crippen LogP contribution >= 0.6 is 0 Å². The Labute approximate surface area is 111 Å². The molecule has 1 heterocycles. The summed E-state index contributed by atoms with van der Waals surface area (Å²) in [5.74, 6) is -1.10. The van der Waals surface area contributed by atoms with E-state index in [9.17, 15) is 18.8 Å². The van der Waals surface area contributed by atoms with Gasteiger partial charge in [-0.3, -0.25) is 19.5 Å². The maximum Gasteiger partial charge on any atom is 0.265 e. The van der Waals surface area contributed by atoms with E-state index in [1.807, 2.05) is 0 Å². The molecule has 0 aliphatic heterocycles. The highest BCUT2D eigenvalue weighted by atomic mass is 19.1. The molecule has 7 nitrogen and oxygen atoms in total. The zero-order valence-electron chi connectivity index (χ0n) is 10.2. The van der Waals surface area contributed by atoms with E-state index in [0.29, 0.717) is 0 Å². The summed E-state index contributed by atoms with van der Waals surface area (Å²) in [7, 11) is 0. The standard InChI is InChI=1S/C12H11FN4O3/c13-7-1-2-9(8(14)5-7)15-11(19)6-17-12(20)4-3-10(18)16-17/h1-5H,6,14H2,(H,15,19)(H,16,18). The van der Waals surface area contributed by atoms with Crippen LogP contribution in [0.25, 0.3) is 0 Å². The molecule has 0 saturated carbocycles. The number of aromatic nitrogens is 2. The SMILES string of the molecule is Nc1cc(F)ccc1NC(=O)Cn1[nH]c(=O)ccc1=O. The number of nitrogens with two attached hydrogens (primary N) is 1. The number of halogens is 1. The molecule has 1 amide bonds. The van der Waals surface area contributed by atoms with Gasteiger partial charge in [-0.25, -0.2) is 9.07 Å². The van der Waals surface area contributed by atoms with Crippen molar-refractivity contribution in [2.24, 2.45) is 0 Å². The van der Waals surface area contributed by atoms with Crippen LogP contribution in [-0.2, 0) is 11.3 Å². The van der Waals surface area contributed by atoms with E-state index < -0.39 is 22.8 Å². The molecule has 2 aromatic rings. The highest BCUT2D eigenvalue weighted by Crippen LogP contribution is 2.18. The van der Waals surface area contributed by atoms with Gasteiger partial charge in [0.25, 0.3) is 11.1 Å². The summed E-state index contributed by atoms with van der Waals surface area (Å²) in [5, 5.41) is 4.63. The van der Waals surface area contributed by atoms with Crippen LogP contribution in [-0.4, -0.2) is 15.7 Å². The summed E-state index contributed by atoms with van der Waals surface area (Å²) in [6.07, 6.45) is 0. The number of carbonyl (C=O) groups excluding carboxylic acids is 1. The molecular formula is C12H11FN4O3. The fourth-order valence-electron chi connectivity index (χ4n) is 1.56. The molecule has 1 aromatic carbocycles. The van der Waals surface area contributed by atoms with Gasteiger partial charge < -0.3 is 11.1 Å². The second kappa shape index (κ2) is 5.39. The summed E-state index contributed by atoms with van der Waals surface area (Å²) in [6.45, 7) is -0.383. The lowest BCUT2D eigenvalue weighted by atomic mass is 10.2. The van der Waals surface area contributed by atoms with Crippen molar-refractivity contribution in [3.8, 4) is 0 Å². The minimum atomic E-state index is -0.577. The molecule has 0 radical (unpaired) electrons. The van der Waals surface area contributed by atoms with Gasteiger partial charge in [0.15, 0.2) is 0 Å². The summed E-state index contributed by atoms with van der Waals surface area (Å²) in [5.41, 5.74) is 4.80. The predicted octanol–water partition coefficient (Wildman–Crippen LogP) is -0.103. The Morgan fingerprint density at radius 2 is 2.05 bits per heavy atom. The van der Waals surface area contributed by atoms with E-state index in [2.05, 4.69) is 10.4 Å². The maximum absolute atomic E-state index is 12.9. The Morgan fingerprint density at radius 3 is 2.75 bits per heavy atom. The minimum absolute atomic E-state index is 0.0623. The van der Waals surface area contributed by atoms with E-state index in [4.69, 9.17) is 5.73 Å². The molecule has 0 aliphatic rings. The topological polar surface area (TPSA) is 110 Å². The van der Waals surface area contributed by atoms with Gasteiger partial charge in [0.1, 0.15) is 12.4 Å². The molecule has 1 aromatic heterocycles.